The van der Waals surface area contributed by atoms with Crippen molar-refractivity contribution in [1.29, 1.82) is 0 Å². The first-order chi connectivity index (χ1) is 10.1. The van der Waals surface area contributed by atoms with E-state index in [1.165, 1.54) is 22.8 Å². The Balaban J connectivity index is 2.09. The summed E-state index contributed by atoms with van der Waals surface area (Å²) >= 11 is 0. The van der Waals surface area contributed by atoms with Crippen LogP contribution in [-0.2, 0) is 0 Å². The van der Waals surface area contributed by atoms with E-state index >= 15 is 0 Å². The molecule has 3 aliphatic rings. The zero-order chi connectivity index (χ0) is 15.0. The smallest absolute Gasteiger partial charge is 0.0668 e. The van der Waals surface area contributed by atoms with Crippen molar-refractivity contribution in [2.24, 2.45) is 0 Å². The summed E-state index contributed by atoms with van der Waals surface area (Å²) in [5.41, 5.74) is 5.07. The SMILES string of the molecule is CN(C)C1=CC2=C3C=C(N(C)C)C=CN3CCCN2C=C1. The lowest BCUT2D eigenvalue weighted by atomic mass is 10.1. The third-order valence-corrected chi connectivity index (χ3v) is 4.13. The first-order valence-corrected chi connectivity index (χ1v) is 7.48. The highest BCUT2D eigenvalue weighted by atomic mass is 15.2. The van der Waals surface area contributed by atoms with Gasteiger partial charge in [0.25, 0.3) is 0 Å². The van der Waals surface area contributed by atoms with Crippen LogP contribution < -0.4 is 0 Å². The van der Waals surface area contributed by atoms with Gasteiger partial charge in [-0.2, -0.15) is 0 Å². The van der Waals surface area contributed by atoms with Crippen molar-refractivity contribution in [1.82, 2.24) is 19.6 Å². The van der Waals surface area contributed by atoms with Crippen LogP contribution in [0.3, 0.4) is 0 Å². The molecule has 21 heavy (non-hydrogen) atoms. The van der Waals surface area contributed by atoms with Crippen LogP contribution in [0.15, 0.2) is 59.5 Å². The van der Waals surface area contributed by atoms with Crippen LogP contribution in [0, 0.1) is 0 Å². The molecule has 0 fully saturated rings. The quantitative estimate of drug-likeness (QED) is 0.770. The van der Waals surface area contributed by atoms with Gasteiger partial charge in [-0.15, -0.1) is 0 Å². The van der Waals surface area contributed by atoms with Crippen LogP contribution in [0.4, 0.5) is 0 Å². The summed E-state index contributed by atoms with van der Waals surface area (Å²) in [6.45, 7) is 2.14. The highest BCUT2D eigenvalue weighted by Gasteiger charge is 2.23. The Morgan fingerprint density at radius 3 is 1.57 bits per heavy atom. The highest BCUT2D eigenvalue weighted by Crippen LogP contribution is 2.30. The summed E-state index contributed by atoms with van der Waals surface area (Å²) in [6.07, 6.45) is 14.5. The average molecular weight is 284 g/mol. The van der Waals surface area contributed by atoms with Crippen molar-refractivity contribution >= 4 is 0 Å². The van der Waals surface area contributed by atoms with Crippen molar-refractivity contribution < 1.29 is 0 Å². The molecule has 0 saturated heterocycles. The first-order valence-electron chi connectivity index (χ1n) is 7.48. The lowest BCUT2D eigenvalue weighted by Gasteiger charge is -2.31. The molecule has 112 valence electrons. The van der Waals surface area contributed by atoms with Crippen LogP contribution in [0.25, 0.3) is 0 Å². The molecule has 0 amide bonds. The van der Waals surface area contributed by atoms with Gasteiger partial charge in [-0.3, -0.25) is 0 Å². The summed E-state index contributed by atoms with van der Waals surface area (Å²) in [4.78, 5) is 9.05. The molecular formula is C17H24N4. The second-order valence-corrected chi connectivity index (χ2v) is 6.07. The van der Waals surface area contributed by atoms with Gasteiger partial charge in [0.15, 0.2) is 0 Å². The average Bonchev–Trinajstić information content (AvgIpc) is 2.65. The van der Waals surface area contributed by atoms with Crippen molar-refractivity contribution in [3.8, 4) is 0 Å². The Morgan fingerprint density at radius 2 is 1.19 bits per heavy atom. The van der Waals surface area contributed by atoms with E-state index in [2.05, 4.69) is 84.5 Å². The number of hydrogen-bond acceptors (Lipinski definition) is 4. The second kappa shape index (κ2) is 5.35. The van der Waals surface area contributed by atoms with Gasteiger partial charge < -0.3 is 19.6 Å². The minimum absolute atomic E-state index is 1.07. The second-order valence-electron chi connectivity index (χ2n) is 6.07. The normalized spacial score (nSPS) is 20.6. The molecular weight excluding hydrogens is 260 g/mol. The third kappa shape index (κ3) is 2.58. The zero-order valence-electron chi connectivity index (χ0n) is 13.4. The summed E-state index contributed by atoms with van der Waals surface area (Å²) in [6, 6.07) is 0. The van der Waals surface area contributed by atoms with Gasteiger partial charge in [0, 0.05) is 65.1 Å². The van der Waals surface area contributed by atoms with Gasteiger partial charge in [-0.25, -0.2) is 0 Å². The van der Waals surface area contributed by atoms with E-state index in [-0.39, 0.29) is 0 Å². The maximum atomic E-state index is 2.37. The monoisotopic (exact) mass is 284 g/mol. The summed E-state index contributed by atoms with van der Waals surface area (Å²) in [5.74, 6) is 0. The van der Waals surface area contributed by atoms with Crippen LogP contribution in [-0.4, -0.2) is 60.9 Å². The predicted octanol–water partition coefficient (Wildman–Crippen LogP) is 2.15. The van der Waals surface area contributed by atoms with Gasteiger partial charge in [0.1, 0.15) is 0 Å². The molecule has 0 unspecified atom stereocenters. The zero-order valence-corrected chi connectivity index (χ0v) is 13.4. The number of fused-ring (bicyclic) bond motifs is 2. The van der Waals surface area contributed by atoms with Gasteiger partial charge in [0.05, 0.1) is 11.4 Å². The van der Waals surface area contributed by atoms with Crippen LogP contribution in [0.2, 0.25) is 0 Å². The van der Waals surface area contributed by atoms with Crippen molar-refractivity contribution in [2.75, 3.05) is 41.3 Å². The Kier molecular flexibility index (Phi) is 3.53. The topological polar surface area (TPSA) is 13.0 Å². The number of nitrogens with zero attached hydrogens (tertiary/aromatic N) is 4. The van der Waals surface area contributed by atoms with Gasteiger partial charge in [-0.05, 0) is 30.7 Å². The molecule has 0 aliphatic carbocycles. The van der Waals surface area contributed by atoms with Gasteiger partial charge in [0.2, 0.25) is 0 Å². The standard InChI is InChI=1S/C17H24N4/c1-18(2)14-6-10-20-8-5-9-21-11-7-15(19(3)4)13-17(21)16(20)12-14/h6-7,10-13H,5,8-9H2,1-4H3. The maximum absolute atomic E-state index is 2.37. The molecule has 0 aromatic heterocycles. The van der Waals surface area contributed by atoms with Gasteiger partial charge >= 0.3 is 0 Å². The Hall–Kier alpha value is -2.10. The van der Waals surface area contributed by atoms with Crippen molar-refractivity contribution in [2.45, 2.75) is 6.42 Å². The van der Waals surface area contributed by atoms with E-state index in [1.54, 1.807) is 0 Å². The Labute approximate surface area is 127 Å². The predicted molar refractivity (Wildman–Crippen MR) is 86.9 cm³/mol. The summed E-state index contributed by atoms with van der Waals surface area (Å²) in [7, 11) is 8.36. The first kappa shape index (κ1) is 13.9. The number of rotatable bonds is 2. The van der Waals surface area contributed by atoms with Crippen molar-refractivity contribution in [3.05, 3.63) is 59.5 Å². The van der Waals surface area contributed by atoms with Crippen LogP contribution >= 0.6 is 0 Å². The highest BCUT2D eigenvalue weighted by molar-refractivity contribution is 5.45. The van der Waals surface area contributed by atoms with Crippen LogP contribution in [0.1, 0.15) is 6.42 Å². The van der Waals surface area contributed by atoms with E-state index in [4.69, 9.17) is 0 Å². The molecule has 0 spiro atoms. The molecule has 0 saturated carbocycles. The van der Waals surface area contributed by atoms with E-state index in [1.807, 2.05) is 0 Å². The minimum Gasteiger partial charge on any atom is -0.378 e. The molecule has 0 N–H and O–H groups in total. The van der Waals surface area contributed by atoms with E-state index in [9.17, 15) is 0 Å². The molecule has 3 aliphatic heterocycles. The minimum atomic E-state index is 1.07. The van der Waals surface area contributed by atoms with Crippen LogP contribution in [0.5, 0.6) is 0 Å². The molecule has 4 nitrogen and oxygen atoms in total. The molecule has 0 radical (unpaired) electrons. The number of likely N-dealkylation sites (N-methyl/N-ethyl adjacent to an activating group) is 2. The van der Waals surface area contributed by atoms with Gasteiger partial charge in [-0.1, -0.05) is 0 Å². The fourth-order valence-corrected chi connectivity index (χ4v) is 2.84. The summed E-state index contributed by atoms with van der Waals surface area (Å²) in [5, 5.41) is 0. The van der Waals surface area contributed by atoms with Crippen molar-refractivity contribution in [3.63, 3.8) is 0 Å². The fraction of sp³-hybridized carbons (Fsp3) is 0.412. The molecule has 3 rings (SSSR count). The van der Waals surface area contributed by atoms with E-state index < -0.39 is 0 Å². The van der Waals surface area contributed by atoms with E-state index in [0.717, 1.165) is 19.5 Å². The Bertz CT molecular complexity index is 526. The fourth-order valence-electron chi connectivity index (χ4n) is 2.84. The lowest BCUT2D eigenvalue weighted by Crippen LogP contribution is -2.25. The van der Waals surface area contributed by atoms with E-state index in [0.29, 0.717) is 0 Å². The molecule has 4 heteroatoms. The maximum Gasteiger partial charge on any atom is 0.0668 e. The number of allylic oxidation sites excluding steroid dienone is 4. The largest absolute Gasteiger partial charge is 0.378 e. The molecule has 0 aromatic carbocycles. The molecule has 0 atom stereocenters. The third-order valence-electron chi connectivity index (χ3n) is 4.13. The molecule has 0 aromatic rings. The Morgan fingerprint density at radius 1 is 0.762 bits per heavy atom. The number of hydrogen-bond donors (Lipinski definition) is 0. The molecule has 0 bridgehead atoms. The summed E-state index contributed by atoms with van der Waals surface area (Å²) < 4.78 is 0. The lowest BCUT2D eigenvalue weighted by molar-refractivity contribution is 0.437. The molecule has 3 heterocycles.